The van der Waals surface area contributed by atoms with Gasteiger partial charge in [0.15, 0.2) is 0 Å². The van der Waals surface area contributed by atoms with E-state index < -0.39 is 36.0 Å². The first-order valence-corrected chi connectivity index (χ1v) is 8.58. The van der Waals surface area contributed by atoms with E-state index >= 15 is 0 Å². The van der Waals surface area contributed by atoms with E-state index in [1.165, 1.54) is 6.08 Å². The minimum Gasteiger partial charge on any atom is -0.468 e. The molecule has 0 heterocycles. The summed E-state index contributed by atoms with van der Waals surface area (Å²) in [5.41, 5.74) is 2.07. The van der Waals surface area contributed by atoms with Crippen LogP contribution in [0.15, 0.2) is 47.8 Å². The number of carbonyl (C=O) groups excluding carboxylic acids is 2. The van der Waals surface area contributed by atoms with Crippen molar-refractivity contribution in [1.29, 1.82) is 0 Å². The number of ether oxygens (including phenoxy) is 2. The van der Waals surface area contributed by atoms with Gasteiger partial charge in [0.25, 0.3) is 0 Å². The molecule has 2 aliphatic carbocycles. The van der Waals surface area contributed by atoms with E-state index in [0.717, 1.165) is 30.4 Å². The Kier molecular flexibility index (Phi) is 5.51. The summed E-state index contributed by atoms with van der Waals surface area (Å²) < 4.78 is 45.7. The first-order valence-electron chi connectivity index (χ1n) is 8.20. The third-order valence-electron chi connectivity index (χ3n) is 4.35. The van der Waals surface area contributed by atoms with E-state index in [9.17, 15) is 22.8 Å². The Morgan fingerprint density at radius 3 is 2.68 bits per heavy atom. The highest BCUT2D eigenvalue weighted by molar-refractivity contribution is 6.31. The molecule has 0 saturated carbocycles. The summed E-state index contributed by atoms with van der Waals surface area (Å²) in [4.78, 5) is 24.6. The molecule has 148 valence electrons. The summed E-state index contributed by atoms with van der Waals surface area (Å²) in [5, 5.41) is 3.18. The van der Waals surface area contributed by atoms with E-state index in [0.29, 0.717) is 17.0 Å². The Bertz CT molecular complexity index is 905. The van der Waals surface area contributed by atoms with Gasteiger partial charge in [-0.25, -0.2) is 0 Å². The number of nitrogens with one attached hydrogen (secondary N) is 1. The van der Waals surface area contributed by atoms with E-state index in [2.05, 4.69) is 14.8 Å². The van der Waals surface area contributed by atoms with Crippen LogP contribution in [0.4, 0.5) is 13.2 Å². The minimum absolute atomic E-state index is 0.318. The Hall–Kier alpha value is -2.74. The molecule has 3 rings (SSSR count). The van der Waals surface area contributed by atoms with Gasteiger partial charge in [-0.2, -0.15) is 0 Å². The van der Waals surface area contributed by atoms with Crippen LogP contribution in [0.1, 0.15) is 11.1 Å². The second kappa shape index (κ2) is 7.71. The van der Waals surface area contributed by atoms with Crippen molar-refractivity contribution >= 4 is 29.6 Å². The lowest BCUT2D eigenvalue weighted by Crippen LogP contribution is -2.43. The molecule has 1 amide bonds. The second-order valence-corrected chi connectivity index (χ2v) is 6.59. The molecule has 2 aliphatic rings. The van der Waals surface area contributed by atoms with Crippen LogP contribution >= 0.6 is 11.6 Å². The summed E-state index contributed by atoms with van der Waals surface area (Å²) >= 11 is 6.13. The Morgan fingerprint density at radius 1 is 1.29 bits per heavy atom. The molecule has 9 heteroatoms. The van der Waals surface area contributed by atoms with Gasteiger partial charge in [-0.15, -0.1) is 13.2 Å². The van der Waals surface area contributed by atoms with Gasteiger partial charge in [0.05, 0.1) is 13.2 Å². The molecule has 0 aromatic heterocycles. The van der Waals surface area contributed by atoms with Crippen molar-refractivity contribution in [2.75, 3.05) is 7.11 Å². The molecule has 0 saturated heterocycles. The van der Waals surface area contributed by atoms with Gasteiger partial charge in [0.1, 0.15) is 11.7 Å². The predicted octanol–water partition coefficient (Wildman–Crippen LogP) is 3.54. The fraction of sp³-hybridized carbons (Fsp3) is 0.263. The molecule has 1 aromatic rings. The summed E-state index contributed by atoms with van der Waals surface area (Å²) in [6.07, 6.45) is 0.386. The van der Waals surface area contributed by atoms with Gasteiger partial charge in [0, 0.05) is 17.0 Å². The molecule has 0 bridgehead atoms. The lowest BCUT2D eigenvalue weighted by molar-refractivity contribution is -0.303. The van der Waals surface area contributed by atoms with Crippen LogP contribution in [0.2, 0.25) is 5.02 Å². The first-order chi connectivity index (χ1) is 13.2. The number of amides is 1. The number of benzene rings is 1. The van der Waals surface area contributed by atoms with Crippen molar-refractivity contribution in [3.63, 3.8) is 0 Å². The zero-order valence-electron chi connectivity index (χ0n) is 14.5. The third-order valence-corrected chi connectivity index (χ3v) is 4.70. The van der Waals surface area contributed by atoms with Crippen LogP contribution in [0.5, 0.6) is 0 Å². The van der Waals surface area contributed by atoms with Crippen molar-refractivity contribution in [2.45, 2.75) is 18.8 Å². The predicted molar refractivity (Wildman–Crippen MR) is 94.9 cm³/mol. The monoisotopic (exact) mass is 413 g/mol. The summed E-state index contributed by atoms with van der Waals surface area (Å²) in [6, 6.07) is 4.42. The van der Waals surface area contributed by atoms with Crippen molar-refractivity contribution in [2.24, 2.45) is 5.92 Å². The average Bonchev–Trinajstić information content (AvgIpc) is 3.07. The molecule has 0 unspecified atom stereocenters. The average molecular weight is 414 g/mol. The van der Waals surface area contributed by atoms with Crippen LogP contribution in [-0.2, 0) is 25.5 Å². The van der Waals surface area contributed by atoms with Gasteiger partial charge < -0.3 is 14.8 Å². The number of esters is 1. The van der Waals surface area contributed by atoms with Crippen molar-refractivity contribution < 1.29 is 32.2 Å². The van der Waals surface area contributed by atoms with E-state index in [1.54, 1.807) is 18.2 Å². The number of carbonyl (C=O) groups is 2. The number of methoxy groups -OCH3 is 1. The number of alkyl halides is 3. The lowest BCUT2D eigenvalue weighted by atomic mass is 9.94. The first kappa shape index (κ1) is 20.0. The number of fused-ring (bicyclic) bond motifs is 1. The van der Waals surface area contributed by atoms with Crippen LogP contribution in [0.25, 0.3) is 6.08 Å². The normalized spacial score (nSPS) is 20.8. The van der Waals surface area contributed by atoms with Gasteiger partial charge in [-0.05, 0) is 35.4 Å². The zero-order chi connectivity index (χ0) is 20.5. The molecule has 2 atom stereocenters. The van der Waals surface area contributed by atoms with Crippen LogP contribution in [0.3, 0.4) is 0 Å². The minimum atomic E-state index is -4.90. The number of rotatable bonds is 4. The molecule has 0 spiro atoms. The van der Waals surface area contributed by atoms with Gasteiger partial charge >= 0.3 is 12.3 Å². The molecule has 0 fully saturated rings. The Balaban J connectivity index is 1.75. The molecular weight excluding hydrogens is 399 g/mol. The highest BCUT2D eigenvalue weighted by Gasteiger charge is 2.36. The topological polar surface area (TPSA) is 64.6 Å². The van der Waals surface area contributed by atoms with E-state index in [4.69, 9.17) is 11.6 Å². The molecule has 1 aromatic carbocycles. The van der Waals surface area contributed by atoms with Crippen molar-refractivity contribution in [1.82, 2.24) is 5.32 Å². The highest BCUT2D eigenvalue weighted by Crippen LogP contribution is 2.31. The molecule has 28 heavy (non-hydrogen) atoms. The Labute approximate surface area is 163 Å². The van der Waals surface area contributed by atoms with Gasteiger partial charge in [0.2, 0.25) is 5.91 Å². The van der Waals surface area contributed by atoms with Crippen molar-refractivity contribution in [3.8, 4) is 0 Å². The fourth-order valence-electron chi connectivity index (χ4n) is 3.06. The molecule has 0 aliphatic heterocycles. The number of hydrogen-bond acceptors (Lipinski definition) is 4. The fourth-order valence-corrected chi connectivity index (χ4v) is 3.31. The smallest absolute Gasteiger partial charge is 0.468 e. The summed E-state index contributed by atoms with van der Waals surface area (Å²) in [7, 11) is 1.11. The van der Waals surface area contributed by atoms with E-state index in [-0.39, 0.29) is 0 Å². The second-order valence-electron chi connectivity index (χ2n) is 6.18. The maximum absolute atomic E-state index is 12.6. The Morgan fingerprint density at radius 2 is 2.04 bits per heavy atom. The van der Waals surface area contributed by atoms with Crippen LogP contribution < -0.4 is 5.32 Å². The number of hydrogen-bond donors (Lipinski definition) is 1. The van der Waals surface area contributed by atoms with Crippen molar-refractivity contribution in [3.05, 3.63) is 63.9 Å². The molecule has 1 N–H and O–H groups in total. The molecule has 5 nitrogen and oxygen atoms in total. The largest absolute Gasteiger partial charge is 0.573 e. The molecular formula is C19H15ClF3NO4. The standard InChI is InChI=1S/C19H15ClF3NO4/c1-27-18(26)14-9-12(28-19(21,22)23)5-6-16(14)24-17(25)11-7-10-3-2-4-15(20)13(10)8-11/h2-7,9,14,16H,8H2,1H3,(H,24,25)/t14-,16-/m0/s1. The zero-order valence-corrected chi connectivity index (χ0v) is 15.3. The number of halogens is 4. The third kappa shape index (κ3) is 4.39. The summed E-state index contributed by atoms with van der Waals surface area (Å²) in [5.74, 6) is -2.97. The summed E-state index contributed by atoms with van der Waals surface area (Å²) in [6.45, 7) is 0. The maximum Gasteiger partial charge on any atom is 0.573 e. The van der Waals surface area contributed by atoms with Gasteiger partial charge in [-0.3, -0.25) is 9.59 Å². The van der Waals surface area contributed by atoms with Crippen LogP contribution in [0, 0.1) is 5.92 Å². The highest BCUT2D eigenvalue weighted by atomic mass is 35.5. The SMILES string of the molecule is COC(=O)[C@H]1C=C(OC(F)(F)F)C=C[C@@H]1NC(=O)C1=Cc2cccc(Cl)c2C1. The number of allylic oxidation sites excluding steroid dienone is 1. The van der Waals surface area contributed by atoms with E-state index in [1.807, 2.05) is 6.07 Å². The molecule has 0 radical (unpaired) electrons. The van der Waals surface area contributed by atoms with Gasteiger partial charge in [-0.1, -0.05) is 29.8 Å². The quantitative estimate of drug-likeness (QED) is 0.767. The van der Waals surface area contributed by atoms with Crippen LogP contribution in [-0.4, -0.2) is 31.4 Å². The maximum atomic E-state index is 12.6. The lowest BCUT2D eigenvalue weighted by Gasteiger charge is -2.25.